The molecule has 0 aliphatic heterocycles. The van der Waals surface area contributed by atoms with Crippen molar-refractivity contribution in [3.8, 4) is 0 Å². The fourth-order valence-corrected chi connectivity index (χ4v) is 1.66. The largest absolute Gasteiger partial charge is 0.269 e. The zero-order valence-electron chi connectivity index (χ0n) is 9.99. The third-order valence-electron chi connectivity index (χ3n) is 2.69. The van der Waals surface area contributed by atoms with Crippen LogP contribution in [0.15, 0.2) is 18.2 Å². The van der Waals surface area contributed by atoms with E-state index in [0.29, 0.717) is 5.56 Å². The molecule has 0 aliphatic rings. The quantitative estimate of drug-likeness (QED) is 0.558. The van der Waals surface area contributed by atoms with E-state index in [1.54, 1.807) is 6.07 Å². The zero-order chi connectivity index (χ0) is 12.8. The second kappa shape index (κ2) is 6.33. The molecule has 0 saturated carbocycles. The Morgan fingerprint density at radius 1 is 1.47 bits per heavy atom. The molecule has 1 rings (SSSR count). The summed E-state index contributed by atoms with van der Waals surface area (Å²) in [4.78, 5) is 10.3. The van der Waals surface area contributed by atoms with Gasteiger partial charge in [-0.1, -0.05) is 19.4 Å². The molecule has 0 saturated heterocycles. The minimum Gasteiger partial charge on any atom is -0.258 e. The highest BCUT2D eigenvalue weighted by molar-refractivity contribution is 5.41. The van der Waals surface area contributed by atoms with Gasteiger partial charge in [-0.15, -0.1) is 0 Å². The number of aryl methyl sites for hydroxylation is 1. The van der Waals surface area contributed by atoms with Gasteiger partial charge in [0.05, 0.1) is 11.6 Å². The molecule has 1 atom stereocenters. The lowest BCUT2D eigenvalue weighted by Crippen LogP contribution is -2.00. The number of nitro benzene ring substituents is 1. The van der Waals surface area contributed by atoms with E-state index in [0.717, 1.165) is 24.8 Å². The highest BCUT2D eigenvalue weighted by Gasteiger charge is 2.13. The maximum Gasteiger partial charge on any atom is 0.269 e. The molecule has 1 unspecified atom stereocenters. The third kappa shape index (κ3) is 3.80. The van der Waals surface area contributed by atoms with Crippen LogP contribution in [0.4, 0.5) is 10.1 Å². The van der Waals surface area contributed by atoms with Crippen LogP contribution >= 0.6 is 0 Å². The van der Waals surface area contributed by atoms with Crippen LogP contribution in [0.3, 0.4) is 0 Å². The topological polar surface area (TPSA) is 43.1 Å². The molecule has 0 N–H and O–H groups in total. The summed E-state index contributed by atoms with van der Waals surface area (Å²) in [5.41, 5.74) is 1.52. The molecule has 0 aromatic heterocycles. The van der Waals surface area contributed by atoms with E-state index in [2.05, 4.69) is 13.8 Å². The number of non-ortho nitro benzene ring substituents is 1. The van der Waals surface area contributed by atoms with E-state index in [4.69, 9.17) is 0 Å². The number of hydrogen-bond donors (Lipinski definition) is 0. The van der Waals surface area contributed by atoms with Crippen molar-refractivity contribution in [1.82, 2.24) is 0 Å². The van der Waals surface area contributed by atoms with Crippen molar-refractivity contribution in [2.45, 2.75) is 32.1 Å². The first kappa shape index (κ1) is 13.6. The molecule has 1 radical (unpaired) electrons. The van der Waals surface area contributed by atoms with Crippen LogP contribution in [0.2, 0.25) is 0 Å². The average Bonchev–Trinajstić information content (AvgIpc) is 2.34. The Hall–Kier alpha value is -1.45. The molecule has 0 fully saturated rings. The van der Waals surface area contributed by atoms with E-state index < -0.39 is 17.5 Å². The highest BCUT2D eigenvalue weighted by Crippen LogP contribution is 2.24. The van der Waals surface area contributed by atoms with E-state index in [9.17, 15) is 14.5 Å². The average molecular weight is 238 g/mol. The van der Waals surface area contributed by atoms with E-state index in [1.807, 2.05) is 6.07 Å². The Balaban J connectivity index is 3.05. The summed E-state index contributed by atoms with van der Waals surface area (Å²) < 4.78 is 12.6. The number of hydrogen-bond acceptors (Lipinski definition) is 2. The zero-order valence-corrected chi connectivity index (χ0v) is 9.99. The molecule has 0 amide bonds. The summed E-state index contributed by atoms with van der Waals surface area (Å²) in [6, 6.07) is 4.79. The number of benzene rings is 1. The molecule has 0 heterocycles. The molecule has 1 aromatic carbocycles. The molecular formula is C13H17FNO2. The Morgan fingerprint density at radius 3 is 2.71 bits per heavy atom. The number of alkyl halides is 1. The summed E-state index contributed by atoms with van der Waals surface area (Å²) in [6.07, 6.45) is 2.77. The fraction of sp³-hybridized carbons (Fsp3) is 0.462. The van der Waals surface area contributed by atoms with Crippen molar-refractivity contribution in [2.24, 2.45) is 0 Å². The van der Waals surface area contributed by atoms with Crippen molar-refractivity contribution in [3.63, 3.8) is 0 Å². The summed E-state index contributed by atoms with van der Waals surface area (Å²) >= 11 is 0. The molecule has 0 bridgehead atoms. The van der Waals surface area contributed by atoms with Gasteiger partial charge in [0.2, 0.25) is 0 Å². The summed E-state index contributed by atoms with van der Waals surface area (Å²) in [5.74, 6) is -0.532. The number of halogens is 1. The fourth-order valence-electron chi connectivity index (χ4n) is 1.66. The van der Waals surface area contributed by atoms with Crippen molar-refractivity contribution in [1.29, 1.82) is 0 Å². The van der Waals surface area contributed by atoms with Crippen LogP contribution < -0.4 is 0 Å². The van der Waals surface area contributed by atoms with Gasteiger partial charge in [0.1, 0.15) is 0 Å². The second-order valence-corrected chi connectivity index (χ2v) is 4.14. The Bertz CT molecular complexity index is 393. The molecule has 0 spiro atoms. The van der Waals surface area contributed by atoms with Crippen molar-refractivity contribution >= 4 is 5.69 Å². The molecular weight excluding hydrogens is 221 g/mol. The van der Waals surface area contributed by atoms with E-state index in [1.165, 1.54) is 6.07 Å². The second-order valence-electron chi connectivity index (χ2n) is 4.14. The lowest BCUT2D eigenvalue weighted by molar-refractivity contribution is -0.385. The molecule has 17 heavy (non-hydrogen) atoms. The summed E-state index contributed by atoms with van der Waals surface area (Å²) in [7, 11) is 0. The highest BCUT2D eigenvalue weighted by atomic mass is 19.1. The van der Waals surface area contributed by atoms with Gasteiger partial charge in [0.25, 0.3) is 5.69 Å². The maximum atomic E-state index is 12.6. The predicted octanol–water partition coefficient (Wildman–Crippen LogP) is 3.82. The molecule has 0 aliphatic carbocycles. The third-order valence-corrected chi connectivity index (χ3v) is 2.69. The first-order chi connectivity index (χ1) is 8.08. The Labute approximate surface area is 101 Å². The monoisotopic (exact) mass is 238 g/mol. The van der Waals surface area contributed by atoms with Gasteiger partial charge in [-0.3, -0.25) is 14.5 Å². The van der Waals surface area contributed by atoms with Gasteiger partial charge in [0, 0.05) is 18.1 Å². The number of rotatable bonds is 6. The molecule has 1 aromatic rings. The number of nitro groups is 1. The first-order valence-electron chi connectivity index (χ1n) is 5.75. The van der Waals surface area contributed by atoms with Gasteiger partial charge in [-0.2, -0.15) is 0 Å². The van der Waals surface area contributed by atoms with Crippen LogP contribution in [-0.2, 0) is 6.42 Å². The lowest BCUT2D eigenvalue weighted by Gasteiger charge is -2.09. The minimum absolute atomic E-state index is 0.0238. The molecule has 3 nitrogen and oxygen atoms in total. The van der Waals surface area contributed by atoms with Gasteiger partial charge >= 0.3 is 0 Å². The standard InChI is InChI=1S/C13H17FNO2/c1-3-4-5-11-6-12(10(2)9-14)8-13(7-11)15(16)17/h6-8,10H,2-5,9H2,1H3. The van der Waals surface area contributed by atoms with Crippen LogP contribution in [0.5, 0.6) is 0 Å². The van der Waals surface area contributed by atoms with Gasteiger partial charge in [-0.05, 0) is 30.9 Å². The number of nitrogens with zero attached hydrogens (tertiary/aromatic N) is 1. The van der Waals surface area contributed by atoms with E-state index >= 15 is 0 Å². The van der Waals surface area contributed by atoms with Gasteiger partial charge in [0.15, 0.2) is 0 Å². The molecule has 4 heteroatoms. The Morgan fingerprint density at radius 2 is 2.18 bits per heavy atom. The first-order valence-corrected chi connectivity index (χ1v) is 5.75. The number of unbranched alkanes of at least 4 members (excludes halogenated alkanes) is 1. The van der Waals surface area contributed by atoms with E-state index in [-0.39, 0.29) is 5.69 Å². The van der Waals surface area contributed by atoms with Crippen LogP contribution in [-0.4, -0.2) is 11.6 Å². The SMILES string of the molecule is [CH2]C(CF)c1cc(CCCC)cc([N+](=O)[O-])c1. The van der Waals surface area contributed by atoms with Crippen LogP contribution in [0.1, 0.15) is 36.8 Å². The Kier molecular flexibility index (Phi) is 5.07. The maximum absolute atomic E-state index is 12.6. The summed E-state index contributed by atoms with van der Waals surface area (Å²) in [6.45, 7) is 5.11. The van der Waals surface area contributed by atoms with Crippen LogP contribution in [0.25, 0.3) is 0 Å². The normalized spacial score (nSPS) is 12.4. The smallest absolute Gasteiger partial charge is 0.258 e. The van der Waals surface area contributed by atoms with Crippen molar-refractivity contribution in [3.05, 3.63) is 46.4 Å². The van der Waals surface area contributed by atoms with Crippen molar-refractivity contribution in [2.75, 3.05) is 6.67 Å². The van der Waals surface area contributed by atoms with Gasteiger partial charge < -0.3 is 0 Å². The molecule has 93 valence electrons. The summed E-state index contributed by atoms with van der Waals surface area (Å²) in [5, 5.41) is 10.8. The minimum atomic E-state index is -0.603. The van der Waals surface area contributed by atoms with Crippen molar-refractivity contribution < 1.29 is 9.31 Å². The van der Waals surface area contributed by atoms with Crippen LogP contribution in [0, 0.1) is 17.0 Å². The lowest BCUT2D eigenvalue weighted by atomic mass is 9.97. The predicted molar refractivity (Wildman–Crippen MR) is 65.8 cm³/mol. The van der Waals surface area contributed by atoms with Gasteiger partial charge in [-0.25, -0.2) is 0 Å².